The van der Waals surface area contributed by atoms with Crippen LogP contribution in [0.5, 0.6) is 5.75 Å². The molecule has 0 fully saturated rings. The maximum absolute atomic E-state index is 11.7. The van der Waals surface area contributed by atoms with E-state index in [0.717, 1.165) is 11.1 Å². The first kappa shape index (κ1) is 17.3. The number of carbonyl (C=O) groups is 1. The van der Waals surface area contributed by atoms with Gasteiger partial charge < -0.3 is 10.2 Å². The van der Waals surface area contributed by atoms with Gasteiger partial charge in [0.1, 0.15) is 5.75 Å². The Morgan fingerprint density at radius 1 is 1.05 bits per heavy atom. The van der Waals surface area contributed by atoms with E-state index in [-0.39, 0.29) is 16.6 Å². The highest BCUT2D eigenvalue weighted by atomic mass is 16.4. The Kier molecular flexibility index (Phi) is 4.57. The van der Waals surface area contributed by atoms with Crippen LogP contribution in [0, 0.1) is 5.41 Å². The second-order valence-electron chi connectivity index (χ2n) is 7.54. The molecule has 3 nitrogen and oxygen atoms in total. The Bertz CT molecular complexity index is 581. The van der Waals surface area contributed by atoms with Gasteiger partial charge in [0.25, 0.3) is 0 Å². The number of allylic oxidation sites excluding steroid dienone is 1. The molecule has 0 radical (unpaired) electrons. The minimum absolute atomic E-state index is 0.199. The molecule has 0 saturated heterocycles. The number of rotatable bonds is 2. The van der Waals surface area contributed by atoms with Crippen molar-refractivity contribution in [3.05, 3.63) is 34.9 Å². The molecule has 0 aliphatic heterocycles. The number of hydrogen-bond donors (Lipinski definition) is 2. The van der Waals surface area contributed by atoms with Crippen LogP contribution in [0.1, 0.15) is 59.6 Å². The molecule has 1 aromatic rings. The third kappa shape index (κ3) is 3.87. The van der Waals surface area contributed by atoms with Crippen molar-refractivity contribution in [1.82, 2.24) is 0 Å². The molecule has 0 aromatic heterocycles. The fraction of sp³-hybridized carbons (Fsp3) is 0.500. The van der Waals surface area contributed by atoms with Crippen molar-refractivity contribution in [1.29, 1.82) is 0 Å². The summed E-state index contributed by atoms with van der Waals surface area (Å²) < 4.78 is 0. The minimum Gasteiger partial charge on any atom is -0.508 e. The standard InChI is InChI=1S/C18H26O3/c1-11(17(2,3)4)15(16(20)21)12-8-9-14(19)13(10-12)18(5,6)7/h8-10,19H,1-7H3,(H,20,21). The van der Waals surface area contributed by atoms with Gasteiger partial charge in [-0.15, -0.1) is 0 Å². The molecular formula is C18H26O3. The molecule has 0 heterocycles. The zero-order valence-electron chi connectivity index (χ0n) is 14.0. The fourth-order valence-corrected chi connectivity index (χ4v) is 2.17. The molecule has 0 saturated carbocycles. The second kappa shape index (κ2) is 5.55. The molecule has 21 heavy (non-hydrogen) atoms. The van der Waals surface area contributed by atoms with Crippen LogP contribution < -0.4 is 0 Å². The van der Waals surface area contributed by atoms with Crippen molar-refractivity contribution >= 4 is 11.5 Å². The molecule has 0 unspecified atom stereocenters. The molecule has 0 amide bonds. The zero-order valence-corrected chi connectivity index (χ0v) is 14.0. The third-order valence-corrected chi connectivity index (χ3v) is 3.81. The van der Waals surface area contributed by atoms with Crippen LogP contribution in [-0.2, 0) is 10.2 Å². The quantitative estimate of drug-likeness (QED) is 0.783. The second-order valence-corrected chi connectivity index (χ2v) is 7.54. The monoisotopic (exact) mass is 290 g/mol. The predicted octanol–water partition coefficient (Wildman–Crippen LogP) is 4.59. The first-order valence-electron chi connectivity index (χ1n) is 7.14. The van der Waals surface area contributed by atoms with Crippen molar-refractivity contribution < 1.29 is 15.0 Å². The number of phenolic OH excluding ortho intramolecular Hbond substituents is 1. The number of phenols is 1. The molecule has 0 aliphatic rings. The molecule has 1 aromatic carbocycles. The SMILES string of the molecule is CC(=C(C(=O)O)c1ccc(O)c(C(C)(C)C)c1)C(C)(C)C. The van der Waals surface area contributed by atoms with E-state index in [1.165, 1.54) is 0 Å². The highest BCUT2D eigenvalue weighted by Crippen LogP contribution is 2.36. The van der Waals surface area contributed by atoms with E-state index >= 15 is 0 Å². The number of aromatic hydroxyl groups is 1. The zero-order chi connectivity index (χ0) is 16.6. The summed E-state index contributed by atoms with van der Waals surface area (Å²) in [6.45, 7) is 13.8. The van der Waals surface area contributed by atoms with Crippen LogP contribution >= 0.6 is 0 Å². The van der Waals surface area contributed by atoms with Crippen LogP contribution in [-0.4, -0.2) is 16.2 Å². The summed E-state index contributed by atoms with van der Waals surface area (Å²) in [5, 5.41) is 19.6. The van der Waals surface area contributed by atoms with Crippen molar-refractivity contribution in [2.24, 2.45) is 5.41 Å². The summed E-state index contributed by atoms with van der Waals surface area (Å²) in [4.78, 5) is 11.7. The highest BCUT2D eigenvalue weighted by Gasteiger charge is 2.25. The normalized spacial score (nSPS) is 13.9. The molecule has 0 spiro atoms. The summed E-state index contributed by atoms with van der Waals surface area (Å²) in [5.41, 5.74) is 2.04. The number of hydrogen-bond acceptors (Lipinski definition) is 2. The Morgan fingerprint density at radius 2 is 1.57 bits per heavy atom. The van der Waals surface area contributed by atoms with E-state index in [1.807, 2.05) is 48.5 Å². The Hall–Kier alpha value is -1.77. The molecule has 3 heteroatoms. The predicted molar refractivity (Wildman–Crippen MR) is 86.5 cm³/mol. The minimum atomic E-state index is -0.937. The molecular weight excluding hydrogens is 264 g/mol. The van der Waals surface area contributed by atoms with Crippen LogP contribution in [0.3, 0.4) is 0 Å². The van der Waals surface area contributed by atoms with Crippen molar-refractivity contribution in [2.45, 2.75) is 53.9 Å². The molecule has 0 bridgehead atoms. The third-order valence-electron chi connectivity index (χ3n) is 3.81. The van der Waals surface area contributed by atoms with Gasteiger partial charge in [-0.1, -0.05) is 53.2 Å². The summed E-state index contributed by atoms with van der Waals surface area (Å²) in [5.74, 6) is -0.739. The highest BCUT2D eigenvalue weighted by molar-refractivity contribution is 6.16. The topological polar surface area (TPSA) is 57.5 Å². The Balaban J connectivity index is 3.61. The van der Waals surface area contributed by atoms with Gasteiger partial charge in [0, 0.05) is 0 Å². The van der Waals surface area contributed by atoms with Gasteiger partial charge >= 0.3 is 5.97 Å². The summed E-state index contributed by atoms with van der Waals surface area (Å²) in [6, 6.07) is 5.03. The average Bonchev–Trinajstić information content (AvgIpc) is 2.28. The van der Waals surface area contributed by atoms with Gasteiger partial charge in [-0.3, -0.25) is 0 Å². The van der Waals surface area contributed by atoms with E-state index in [0.29, 0.717) is 11.1 Å². The van der Waals surface area contributed by atoms with Gasteiger partial charge in [0.05, 0.1) is 5.57 Å². The van der Waals surface area contributed by atoms with E-state index in [9.17, 15) is 15.0 Å². The first-order chi connectivity index (χ1) is 9.35. The lowest BCUT2D eigenvalue weighted by Gasteiger charge is -2.24. The average molecular weight is 290 g/mol. The van der Waals surface area contributed by atoms with E-state index < -0.39 is 5.97 Å². The van der Waals surface area contributed by atoms with Crippen LogP contribution in [0.4, 0.5) is 0 Å². The first-order valence-corrected chi connectivity index (χ1v) is 7.14. The lowest BCUT2D eigenvalue weighted by Crippen LogP contribution is -2.15. The van der Waals surface area contributed by atoms with Crippen LogP contribution in [0.2, 0.25) is 0 Å². The lowest BCUT2D eigenvalue weighted by atomic mass is 9.80. The molecule has 0 atom stereocenters. The number of carboxylic acids is 1. The van der Waals surface area contributed by atoms with Gasteiger partial charge in [-0.05, 0) is 41.0 Å². The molecule has 2 N–H and O–H groups in total. The maximum Gasteiger partial charge on any atom is 0.336 e. The van der Waals surface area contributed by atoms with Crippen LogP contribution in [0.25, 0.3) is 5.57 Å². The summed E-state index contributed by atoms with van der Waals surface area (Å²) in [6.07, 6.45) is 0. The van der Waals surface area contributed by atoms with Crippen molar-refractivity contribution in [3.8, 4) is 5.75 Å². The molecule has 1 rings (SSSR count). The van der Waals surface area contributed by atoms with Crippen LogP contribution in [0.15, 0.2) is 23.8 Å². The smallest absolute Gasteiger partial charge is 0.336 e. The molecule has 0 aliphatic carbocycles. The Morgan fingerprint density at radius 3 is 1.95 bits per heavy atom. The number of aliphatic carboxylic acids is 1. The van der Waals surface area contributed by atoms with Gasteiger partial charge in [0.2, 0.25) is 0 Å². The van der Waals surface area contributed by atoms with Crippen molar-refractivity contribution in [2.75, 3.05) is 0 Å². The van der Waals surface area contributed by atoms with Crippen molar-refractivity contribution in [3.63, 3.8) is 0 Å². The van der Waals surface area contributed by atoms with E-state index in [4.69, 9.17) is 0 Å². The fourth-order valence-electron chi connectivity index (χ4n) is 2.17. The number of benzene rings is 1. The largest absolute Gasteiger partial charge is 0.508 e. The maximum atomic E-state index is 11.7. The number of carboxylic acid groups (broad SMARTS) is 1. The van der Waals surface area contributed by atoms with E-state index in [2.05, 4.69) is 0 Å². The van der Waals surface area contributed by atoms with Gasteiger partial charge in [-0.2, -0.15) is 0 Å². The Labute approximate surface area is 127 Å². The summed E-state index contributed by atoms with van der Waals surface area (Å²) >= 11 is 0. The summed E-state index contributed by atoms with van der Waals surface area (Å²) in [7, 11) is 0. The van der Waals surface area contributed by atoms with Gasteiger partial charge in [0.15, 0.2) is 0 Å². The van der Waals surface area contributed by atoms with Gasteiger partial charge in [-0.25, -0.2) is 4.79 Å². The molecule has 116 valence electrons. The lowest BCUT2D eigenvalue weighted by molar-refractivity contribution is -0.130. The van der Waals surface area contributed by atoms with E-state index in [1.54, 1.807) is 18.2 Å².